The number of fused-ring (bicyclic) bond motifs is 2. The summed E-state index contributed by atoms with van der Waals surface area (Å²) in [5.41, 5.74) is 0.687. The summed E-state index contributed by atoms with van der Waals surface area (Å²) in [6.07, 6.45) is 0.752. The Bertz CT molecular complexity index is 1010. The van der Waals surface area contributed by atoms with Gasteiger partial charge in [-0.3, -0.25) is 9.69 Å². The van der Waals surface area contributed by atoms with Gasteiger partial charge < -0.3 is 23.7 Å². The quantitative estimate of drug-likeness (QED) is 0.798. The maximum absolute atomic E-state index is 12.9. The molecule has 2 aliphatic heterocycles. The maximum atomic E-state index is 12.9. The average Bonchev–Trinajstić information content (AvgIpc) is 3.09. The second-order valence-corrected chi connectivity index (χ2v) is 6.99. The zero-order valence-corrected chi connectivity index (χ0v) is 15.9. The summed E-state index contributed by atoms with van der Waals surface area (Å²) in [5.74, 6) is 1.07. The van der Waals surface area contributed by atoms with Crippen molar-refractivity contribution in [1.29, 1.82) is 0 Å². The molecule has 0 unspecified atom stereocenters. The number of Topliss-reactive ketones (excluding diaryl/α,β-unsaturated/α-hetero) is 1. The van der Waals surface area contributed by atoms with Gasteiger partial charge in [0.1, 0.15) is 17.1 Å². The Morgan fingerprint density at radius 2 is 2.14 bits per heavy atom. The van der Waals surface area contributed by atoms with Gasteiger partial charge in [0.05, 0.1) is 7.11 Å². The van der Waals surface area contributed by atoms with E-state index in [9.17, 15) is 14.7 Å². The topological polar surface area (TPSA) is 98.4 Å². The number of aryl methyl sites for hydroxylation is 1. The van der Waals surface area contributed by atoms with Gasteiger partial charge >= 0.3 is 5.63 Å². The van der Waals surface area contributed by atoms with Crippen LogP contribution < -0.4 is 19.8 Å². The molecule has 0 saturated heterocycles. The molecule has 0 saturated carbocycles. The van der Waals surface area contributed by atoms with Crippen molar-refractivity contribution in [2.24, 2.45) is 0 Å². The molecule has 0 spiro atoms. The summed E-state index contributed by atoms with van der Waals surface area (Å²) in [7, 11) is 3.45. The summed E-state index contributed by atoms with van der Waals surface area (Å²) >= 11 is 0. The maximum Gasteiger partial charge on any atom is 0.350 e. The van der Waals surface area contributed by atoms with Crippen LogP contribution in [0.3, 0.4) is 0 Å². The molecule has 0 radical (unpaired) electrons. The molecule has 0 fully saturated rings. The number of carbonyl (C=O) groups excluding carboxylic acids is 1. The molecule has 2 aliphatic rings. The van der Waals surface area contributed by atoms with Crippen LogP contribution in [0.15, 0.2) is 21.3 Å². The van der Waals surface area contributed by atoms with Gasteiger partial charge in [0.25, 0.3) is 0 Å². The van der Waals surface area contributed by atoms with Crippen LogP contribution in [0.2, 0.25) is 0 Å². The van der Waals surface area contributed by atoms with Crippen molar-refractivity contribution < 1.29 is 28.5 Å². The first-order valence-electron chi connectivity index (χ1n) is 8.97. The highest BCUT2D eigenvalue weighted by Gasteiger charge is 2.36. The minimum Gasteiger partial charge on any atom is -0.507 e. The van der Waals surface area contributed by atoms with E-state index in [0.29, 0.717) is 17.2 Å². The fraction of sp³-hybridized carbons (Fsp3) is 0.400. The fourth-order valence-corrected chi connectivity index (χ4v) is 3.91. The molecule has 1 aromatic heterocycles. The van der Waals surface area contributed by atoms with Gasteiger partial charge in [0, 0.05) is 30.6 Å². The lowest BCUT2D eigenvalue weighted by Crippen LogP contribution is -2.34. The first-order chi connectivity index (χ1) is 13.4. The Kier molecular flexibility index (Phi) is 4.50. The van der Waals surface area contributed by atoms with Crippen molar-refractivity contribution in [1.82, 2.24) is 4.90 Å². The number of hydrogen-bond acceptors (Lipinski definition) is 8. The van der Waals surface area contributed by atoms with E-state index >= 15 is 0 Å². The molecule has 0 aliphatic carbocycles. The van der Waals surface area contributed by atoms with Crippen molar-refractivity contribution in [2.75, 3.05) is 27.5 Å². The Hall–Kier alpha value is -3.00. The van der Waals surface area contributed by atoms with E-state index in [0.717, 1.165) is 24.1 Å². The van der Waals surface area contributed by atoms with Gasteiger partial charge in [0.15, 0.2) is 17.3 Å². The minimum absolute atomic E-state index is 0.0130. The van der Waals surface area contributed by atoms with E-state index in [1.165, 1.54) is 13.0 Å². The van der Waals surface area contributed by atoms with Gasteiger partial charge in [-0.1, -0.05) is 0 Å². The number of ketones is 1. The number of hydrogen-bond donors (Lipinski definition) is 1. The molecular weight excluding hydrogens is 366 g/mol. The Morgan fingerprint density at radius 1 is 1.36 bits per heavy atom. The van der Waals surface area contributed by atoms with E-state index in [-0.39, 0.29) is 36.3 Å². The van der Waals surface area contributed by atoms with Crippen LogP contribution in [0.1, 0.15) is 39.7 Å². The molecule has 1 N–H and O–H groups in total. The van der Waals surface area contributed by atoms with Gasteiger partial charge in [-0.2, -0.15) is 0 Å². The Morgan fingerprint density at radius 3 is 2.86 bits per heavy atom. The zero-order chi connectivity index (χ0) is 20.0. The molecular formula is C20H21NO7. The van der Waals surface area contributed by atoms with Crippen LogP contribution in [-0.2, 0) is 6.42 Å². The molecule has 1 atom stereocenters. The van der Waals surface area contributed by atoms with Gasteiger partial charge in [-0.15, -0.1) is 0 Å². The molecule has 3 heterocycles. The molecule has 0 bridgehead atoms. The number of rotatable bonds is 4. The predicted octanol–water partition coefficient (Wildman–Crippen LogP) is 2.19. The van der Waals surface area contributed by atoms with Crippen molar-refractivity contribution in [3.8, 4) is 23.0 Å². The molecule has 0 amide bonds. The fourth-order valence-electron chi connectivity index (χ4n) is 3.91. The molecule has 8 nitrogen and oxygen atoms in total. The zero-order valence-electron chi connectivity index (χ0n) is 15.9. The number of ether oxygens (including phenoxy) is 3. The summed E-state index contributed by atoms with van der Waals surface area (Å²) < 4.78 is 21.6. The van der Waals surface area contributed by atoms with Gasteiger partial charge in [0.2, 0.25) is 12.5 Å². The minimum atomic E-state index is -0.834. The molecule has 148 valence electrons. The summed E-state index contributed by atoms with van der Waals surface area (Å²) in [6.45, 7) is 2.38. The lowest BCUT2D eigenvalue weighted by atomic mass is 9.87. The van der Waals surface area contributed by atoms with E-state index in [1.807, 2.05) is 18.0 Å². The third kappa shape index (κ3) is 2.90. The summed E-state index contributed by atoms with van der Waals surface area (Å²) in [4.78, 5) is 27.1. The van der Waals surface area contributed by atoms with Gasteiger partial charge in [-0.05, 0) is 32.0 Å². The first kappa shape index (κ1) is 18.4. The van der Waals surface area contributed by atoms with Crippen molar-refractivity contribution in [2.45, 2.75) is 25.8 Å². The Labute approximate surface area is 161 Å². The SMILES string of the molecule is COc1c2c(cc3c1[C@@H](CC(=O)c1c(O)cc(C)oc1=O)N(C)CC3)OCO2. The van der Waals surface area contributed by atoms with Crippen molar-refractivity contribution in [3.63, 3.8) is 0 Å². The predicted molar refractivity (Wildman–Crippen MR) is 98.5 cm³/mol. The third-order valence-electron chi connectivity index (χ3n) is 5.26. The monoisotopic (exact) mass is 387 g/mol. The first-order valence-corrected chi connectivity index (χ1v) is 8.97. The standard InChI is InChI=1S/C20H21NO7/c1-10-6-13(22)17(20(24)28-10)14(23)8-12-16-11(4-5-21(12)2)7-15-18(19(16)25-3)27-9-26-15/h6-7,12,22H,4-5,8-9H2,1-3H3/t12-/m1/s1. The van der Waals surface area contributed by atoms with Crippen LogP contribution >= 0.6 is 0 Å². The second kappa shape index (κ2) is 6.87. The van der Waals surface area contributed by atoms with Crippen molar-refractivity contribution >= 4 is 5.78 Å². The second-order valence-electron chi connectivity index (χ2n) is 6.99. The smallest absolute Gasteiger partial charge is 0.350 e. The largest absolute Gasteiger partial charge is 0.507 e. The normalized spacial score (nSPS) is 18.0. The van der Waals surface area contributed by atoms with E-state index in [2.05, 4.69) is 0 Å². The summed E-state index contributed by atoms with van der Waals surface area (Å²) in [6, 6.07) is 2.84. The number of carbonyl (C=O) groups is 1. The lowest BCUT2D eigenvalue weighted by Gasteiger charge is -2.35. The van der Waals surface area contributed by atoms with Crippen molar-refractivity contribution in [3.05, 3.63) is 45.0 Å². The van der Waals surface area contributed by atoms with Crippen LogP contribution in [0, 0.1) is 6.92 Å². The molecule has 1 aromatic carbocycles. The molecule has 4 rings (SSSR count). The molecule has 8 heteroatoms. The number of methoxy groups -OCH3 is 1. The van der Waals surface area contributed by atoms with Crippen LogP contribution in [0.4, 0.5) is 0 Å². The van der Waals surface area contributed by atoms with Gasteiger partial charge in [-0.25, -0.2) is 4.79 Å². The van der Waals surface area contributed by atoms with E-state index in [1.54, 1.807) is 7.11 Å². The number of benzene rings is 1. The summed E-state index contributed by atoms with van der Waals surface area (Å²) in [5, 5.41) is 10.1. The Balaban J connectivity index is 1.76. The third-order valence-corrected chi connectivity index (χ3v) is 5.26. The van der Waals surface area contributed by atoms with E-state index < -0.39 is 11.4 Å². The highest BCUT2D eigenvalue weighted by molar-refractivity contribution is 5.98. The average molecular weight is 387 g/mol. The molecule has 2 aromatic rings. The molecule has 28 heavy (non-hydrogen) atoms. The highest BCUT2D eigenvalue weighted by Crippen LogP contribution is 2.50. The number of aromatic hydroxyl groups is 1. The van der Waals surface area contributed by atoms with Crippen LogP contribution in [0.25, 0.3) is 0 Å². The number of nitrogens with zero attached hydrogens (tertiary/aromatic N) is 1. The number of likely N-dealkylation sites (N-methyl/N-ethyl adjacent to an activating group) is 1. The highest BCUT2D eigenvalue weighted by atomic mass is 16.7. The van der Waals surface area contributed by atoms with Crippen LogP contribution in [0.5, 0.6) is 23.0 Å². The van der Waals surface area contributed by atoms with Crippen LogP contribution in [-0.4, -0.2) is 43.3 Å². The van der Waals surface area contributed by atoms with E-state index in [4.69, 9.17) is 18.6 Å². The lowest BCUT2D eigenvalue weighted by molar-refractivity contribution is 0.0918.